The Hall–Kier alpha value is -1.67. The molecule has 0 unspecified atom stereocenters. The van der Waals surface area contributed by atoms with Gasteiger partial charge in [0.1, 0.15) is 5.75 Å². The summed E-state index contributed by atoms with van der Waals surface area (Å²) < 4.78 is 39.8. The predicted octanol–water partition coefficient (Wildman–Crippen LogP) is 3.07. The molecule has 0 saturated heterocycles. The molecule has 0 aliphatic heterocycles. The fourth-order valence-electron chi connectivity index (χ4n) is 1.29. The van der Waals surface area contributed by atoms with Crippen molar-refractivity contribution in [1.29, 1.82) is 0 Å². The minimum atomic E-state index is -4.67. The van der Waals surface area contributed by atoms with E-state index in [1.54, 1.807) is 6.07 Å². The van der Waals surface area contributed by atoms with Crippen LogP contribution in [-0.4, -0.2) is 12.9 Å². The quantitative estimate of drug-likeness (QED) is 0.664. The average Bonchev–Trinajstić information content (AvgIpc) is 2.27. The first-order valence-corrected chi connectivity index (χ1v) is 5.56. The molecule has 0 bridgehead atoms. The Labute approximate surface area is 104 Å². The summed E-state index contributed by atoms with van der Waals surface area (Å²) in [7, 11) is 0. The van der Waals surface area contributed by atoms with E-state index in [1.807, 2.05) is 0 Å². The monoisotopic (exact) mass is 257 g/mol. The highest BCUT2D eigenvalue weighted by atomic mass is 19.4. The second-order valence-corrected chi connectivity index (χ2v) is 3.62. The number of nitrogens with two attached hydrogens (primary N) is 1. The highest BCUT2D eigenvalue weighted by molar-refractivity contribution is 5.39. The van der Waals surface area contributed by atoms with Gasteiger partial charge < -0.3 is 10.5 Å². The van der Waals surface area contributed by atoms with Gasteiger partial charge in [-0.25, -0.2) is 0 Å². The van der Waals surface area contributed by atoms with E-state index < -0.39 is 6.36 Å². The molecule has 1 aromatic rings. The lowest BCUT2D eigenvalue weighted by molar-refractivity contribution is -0.274. The minimum Gasteiger partial charge on any atom is -0.406 e. The fourth-order valence-corrected chi connectivity index (χ4v) is 1.29. The summed E-state index contributed by atoms with van der Waals surface area (Å²) >= 11 is 0. The standard InChI is InChI=1S/C13H14F3NO/c14-13(15,16)18-12-8-5-7-11(10-12)6-3-1-2-4-9-17/h5,7-8,10H,1-2,4,9,17H2. The SMILES string of the molecule is NCCCCC#Cc1cccc(OC(F)(F)F)c1. The number of alkyl halides is 3. The molecular weight excluding hydrogens is 243 g/mol. The summed E-state index contributed by atoms with van der Waals surface area (Å²) in [5.41, 5.74) is 5.83. The number of rotatable bonds is 4. The van der Waals surface area contributed by atoms with Crippen LogP contribution in [0, 0.1) is 11.8 Å². The largest absolute Gasteiger partial charge is 0.573 e. The van der Waals surface area contributed by atoms with E-state index >= 15 is 0 Å². The lowest BCUT2D eigenvalue weighted by Crippen LogP contribution is -2.17. The molecule has 1 rings (SSSR count). The predicted molar refractivity (Wildman–Crippen MR) is 62.9 cm³/mol. The third kappa shape index (κ3) is 6.16. The van der Waals surface area contributed by atoms with Gasteiger partial charge >= 0.3 is 6.36 Å². The van der Waals surface area contributed by atoms with Crippen LogP contribution in [0.1, 0.15) is 24.8 Å². The molecule has 1 aromatic carbocycles. The molecule has 0 spiro atoms. The molecule has 2 N–H and O–H groups in total. The van der Waals surface area contributed by atoms with Crippen LogP contribution in [0.15, 0.2) is 24.3 Å². The average molecular weight is 257 g/mol. The lowest BCUT2D eigenvalue weighted by Gasteiger charge is -2.08. The van der Waals surface area contributed by atoms with E-state index in [-0.39, 0.29) is 5.75 Å². The lowest BCUT2D eigenvalue weighted by atomic mass is 10.2. The van der Waals surface area contributed by atoms with Crippen LogP contribution in [0.2, 0.25) is 0 Å². The van der Waals surface area contributed by atoms with Gasteiger partial charge in [0, 0.05) is 12.0 Å². The van der Waals surface area contributed by atoms with Crippen molar-refractivity contribution in [3.8, 4) is 17.6 Å². The van der Waals surface area contributed by atoms with Crippen molar-refractivity contribution in [2.45, 2.75) is 25.6 Å². The van der Waals surface area contributed by atoms with E-state index in [4.69, 9.17) is 5.73 Å². The van der Waals surface area contributed by atoms with E-state index in [0.717, 1.165) is 12.8 Å². The van der Waals surface area contributed by atoms with Crippen LogP contribution in [0.3, 0.4) is 0 Å². The molecule has 2 nitrogen and oxygen atoms in total. The Morgan fingerprint density at radius 3 is 2.67 bits per heavy atom. The zero-order valence-corrected chi connectivity index (χ0v) is 9.76. The number of hydrogen-bond donors (Lipinski definition) is 1. The van der Waals surface area contributed by atoms with Crippen molar-refractivity contribution in [1.82, 2.24) is 0 Å². The second-order valence-electron chi connectivity index (χ2n) is 3.62. The van der Waals surface area contributed by atoms with Crippen LogP contribution in [-0.2, 0) is 0 Å². The van der Waals surface area contributed by atoms with Crippen molar-refractivity contribution in [2.24, 2.45) is 5.73 Å². The molecule has 0 aliphatic rings. The molecule has 98 valence electrons. The molecule has 5 heteroatoms. The number of halogens is 3. The van der Waals surface area contributed by atoms with Crippen LogP contribution >= 0.6 is 0 Å². The van der Waals surface area contributed by atoms with E-state index in [1.165, 1.54) is 18.2 Å². The topological polar surface area (TPSA) is 35.2 Å². The summed E-state index contributed by atoms with van der Waals surface area (Å²) in [6, 6.07) is 5.63. The first-order valence-electron chi connectivity index (χ1n) is 5.56. The molecule has 0 aliphatic carbocycles. The van der Waals surface area contributed by atoms with Crippen molar-refractivity contribution in [3.05, 3.63) is 29.8 Å². The van der Waals surface area contributed by atoms with Gasteiger partial charge in [0.15, 0.2) is 0 Å². The van der Waals surface area contributed by atoms with Gasteiger partial charge in [0.25, 0.3) is 0 Å². The van der Waals surface area contributed by atoms with Crippen LogP contribution in [0.25, 0.3) is 0 Å². The van der Waals surface area contributed by atoms with Crippen LogP contribution in [0.4, 0.5) is 13.2 Å². The summed E-state index contributed by atoms with van der Waals surface area (Å²) in [5, 5.41) is 0. The van der Waals surface area contributed by atoms with Crippen molar-refractivity contribution in [2.75, 3.05) is 6.54 Å². The maximum absolute atomic E-state index is 12.0. The number of ether oxygens (including phenoxy) is 1. The summed E-state index contributed by atoms with van der Waals surface area (Å²) in [5.74, 6) is 5.42. The first kappa shape index (κ1) is 14.4. The molecule has 0 atom stereocenters. The van der Waals surface area contributed by atoms with Gasteiger partial charge in [-0.1, -0.05) is 17.9 Å². The summed E-state index contributed by atoms with van der Waals surface area (Å²) in [4.78, 5) is 0. The van der Waals surface area contributed by atoms with Gasteiger partial charge in [0.2, 0.25) is 0 Å². The second kappa shape index (κ2) is 6.92. The molecule has 18 heavy (non-hydrogen) atoms. The molecule has 0 saturated carbocycles. The summed E-state index contributed by atoms with van der Waals surface area (Å²) in [6.45, 7) is 0.622. The molecular formula is C13H14F3NO. The third-order valence-electron chi connectivity index (χ3n) is 2.06. The maximum atomic E-state index is 12.0. The normalized spacial score (nSPS) is 10.7. The Morgan fingerprint density at radius 1 is 1.22 bits per heavy atom. The van der Waals surface area contributed by atoms with Crippen molar-refractivity contribution < 1.29 is 17.9 Å². The molecule has 0 fully saturated rings. The third-order valence-corrected chi connectivity index (χ3v) is 2.06. The molecule has 0 amide bonds. The summed E-state index contributed by atoms with van der Waals surface area (Å²) in [6.07, 6.45) is -2.21. The Kier molecular flexibility index (Phi) is 5.53. The van der Waals surface area contributed by atoms with Gasteiger partial charge in [-0.05, 0) is 37.6 Å². The highest BCUT2D eigenvalue weighted by Crippen LogP contribution is 2.22. The number of unbranched alkanes of at least 4 members (excludes halogenated alkanes) is 2. The smallest absolute Gasteiger partial charge is 0.406 e. The Balaban J connectivity index is 2.59. The van der Waals surface area contributed by atoms with Crippen molar-refractivity contribution >= 4 is 0 Å². The van der Waals surface area contributed by atoms with Crippen LogP contribution < -0.4 is 10.5 Å². The molecule has 0 heterocycles. The van der Waals surface area contributed by atoms with Crippen molar-refractivity contribution in [3.63, 3.8) is 0 Å². The maximum Gasteiger partial charge on any atom is 0.573 e. The molecule has 0 aromatic heterocycles. The zero-order valence-electron chi connectivity index (χ0n) is 9.76. The minimum absolute atomic E-state index is 0.253. The first-order chi connectivity index (χ1) is 8.51. The van der Waals surface area contributed by atoms with Gasteiger partial charge in [-0.15, -0.1) is 13.2 Å². The van der Waals surface area contributed by atoms with E-state index in [2.05, 4.69) is 16.6 Å². The van der Waals surface area contributed by atoms with Gasteiger partial charge in [0.05, 0.1) is 0 Å². The highest BCUT2D eigenvalue weighted by Gasteiger charge is 2.30. The fraction of sp³-hybridized carbons (Fsp3) is 0.385. The Morgan fingerprint density at radius 2 is 2.00 bits per heavy atom. The Bertz CT molecular complexity index is 432. The number of hydrogen-bond acceptors (Lipinski definition) is 2. The van der Waals surface area contributed by atoms with Gasteiger partial charge in [-0.3, -0.25) is 0 Å². The van der Waals surface area contributed by atoms with Crippen LogP contribution in [0.5, 0.6) is 5.75 Å². The zero-order chi connectivity index (χ0) is 13.4. The van der Waals surface area contributed by atoms with E-state index in [9.17, 15) is 13.2 Å². The van der Waals surface area contributed by atoms with Gasteiger partial charge in [-0.2, -0.15) is 0 Å². The number of benzene rings is 1. The molecule has 0 radical (unpaired) electrons. The van der Waals surface area contributed by atoms with E-state index in [0.29, 0.717) is 18.5 Å².